The summed E-state index contributed by atoms with van der Waals surface area (Å²) in [6.45, 7) is 7.81. The Morgan fingerprint density at radius 1 is 0.935 bits per heavy atom. The number of fused-ring (bicyclic) bond motifs is 2. The van der Waals surface area contributed by atoms with E-state index in [0.717, 1.165) is 24.8 Å². The number of nitrogens with one attached hydrogen (secondary N) is 1. The lowest BCUT2D eigenvalue weighted by Crippen LogP contribution is -2.25. The van der Waals surface area contributed by atoms with Crippen molar-refractivity contribution in [3.63, 3.8) is 0 Å². The Bertz CT molecular complexity index is 1730. The van der Waals surface area contributed by atoms with Crippen molar-refractivity contribution in [2.45, 2.75) is 75.7 Å². The van der Waals surface area contributed by atoms with Crippen LogP contribution in [0.4, 0.5) is 0 Å². The van der Waals surface area contributed by atoms with E-state index < -0.39 is 0 Å². The Labute approximate surface area is 274 Å². The molecule has 1 N–H and O–H groups in total. The molecule has 0 spiro atoms. The quantitative estimate of drug-likeness (QED) is 0.0925. The van der Waals surface area contributed by atoms with Gasteiger partial charge < -0.3 is 24.3 Å². The molecule has 2 heterocycles. The zero-order chi connectivity index (χ0) is 32.7. The van der Waals surface area contributed by atoms with Gasteiger partial charge in [-0.3, -0.25) is 14.2 Å². The first-order valence-corrected chi connectivity index (χ1v) is 16.7. The number of methoxy groups -OCH3 is 2. The fraction of sp³-hybridized carbons (Fsp3) is 0.417. The van der Waals surface area contributed by atoms with Crippen molar-refractivity contribution in [3.05, 3.63) is 81.6 Å². The summed E-state index contributed by atoms with van der Waals surface area (Å²) in [6.07, 6.45) is 3.44. The van der Waals surface area contributed by atoms with Gasteiger partial charge in [0.15, 0.2) is 28.2 Å². The number of carbonyl (C=O) groups excluding carboxylic acids is 1. The van der Waals surface area contributed by atoms with Crippen LogP contribution in [0.2, 0.25) is 0 Å². The smallest absolute Gasteiger partial charge is 0.262 e. The molecule has 0 atom stereocenters. The lowest BCUT2D eigenvalue weighted by atomic mass is 9.87. The average molecular weight is 646 g/mol. The molecular weight excluding hydrogens is 602 g/mol. The number of aromatic nitrogens is 2. The van der Waals surface area contributed by atoms with Gasteiger partial charge in [-0.25, -0.2) is 4.98 Å². The summed E-state index contributed by atoms with van der Waals surface area (Å²) in [5.41, 5.74) is 4.10. The van der Waals surface area contributed by atoms with Gasteiger partial charge in [-0.05, 0) is 59.6 Å². The molecule has 1 aromatic heterocycles. The van der Waals surface area contributed by atoms with Crippen LogP contribution in [0.5, 0.6) is 23.0 Å². The number of benzene rings is 3. The average Bonchev–Trinajstić information content (AvgIpc) is 3.51. The highest BCUT2D eigenvalue weighted by Crippen LogP contribution is 2.35. The van der Waals surface area contributed by atoms with E-state index in [0.29, 0.717) is 70.7 Å². The molecule has 0 fully saturated rings. The number of ether oxygens (including phenoxy) is 4. The second kappa shape index (κ2) is 14.9. The second-order valence-electron chi connectivity index (χ2n) is 12.4. The SMILES string of the molecule is COc1ccc(CCNC(=O)CCCCCn2c(SCc3ccc(C(C)(C)C)cc3)nc3cc4c(cc3c2=O)OCO4)cc1OC. The van der Waals surface area contributed by atoms with Gasteiger partial charge in [0.1, 0.15) is 0 Å². The third-order valence-electron chi connectivity index (χ3n) is 8.07. The van der Waals surface area contributed by atoms with Crippen molar-refractivity contribution < 1.29 is 23.7 Å². The van der Waals surface area contributed by atoms with Gasteiger partial charge in [0, 0.05) is 31.3 Å². The molecule has 0 bridgehead atoms. The molecule has 10 heteroatoms. The molecule has 9 nitrogen and oxygen atoms in total. The van der Waals surface area contributed by atoms with Gasteiger partial charge in [0.25, 0.3) is 5.56 Å². The maximum absolute atomic E-state index is 13.7. The molecule has 0 radical (unpaired) electrons. The minimum Gasteiger partial charge on any atom is -0.493 e. The van der Waals surface area contributed by atoms with Crippen molar-refractivity contribution in [3.8, 4) is 23.0 Å². The van der Waals surface area contributed by atoms with Crippen molar-refractivity contribution in [1.29, 1.82) is 0 Å². The van der Waals surface area contributed by atoms with Crippen molar-refractivity contribution in [2.24, 2.45) is 0 Å². The third-order valence-corrected chi connectivity index (χ3v) is 9.12. The van der Waals surface area contributed by atoms with Crippen LogP contribution >= 0.6 is 11.8 Å². The van der Waals surface area contributed by atoms with E-state index in [4.69, 9.17) is 23.9 Å². The summed E-state index contributed by atoms with van der Waals surface area (Å²) in [5, 5.41) is 4.19. The van der Waals surface area contributed by atoms with Gasteiger partial charge in [0.2, 0.25) is 12.7 Å². The van der Waals surface area contributed by atoms with E-state index >= 15 is 0 Å². The lowest BCUT2D eigenvalue weighted by molar-refractivity contribution is -0.121. The van der Waals surface area contributed by atoms with Crippen LogP contribution in [-0.4, -0.2) is 43.0 Å². The van der Waals surface area contributed by atoms with Crippen LogP contribution in [0.25, 0.3) is 10.9 Å². The van der Waals surface area contributed by atoms with Gasteiger partial charge in [-0.1, -0.05) is 69.3 Å². The summed E-state index contributed by atoms with van der Waals surface area (Å²) >= 11 is 1.56. The highest BCUT2D eigenvalue weighted by molar-refractivity contribution is 7.98. The molecule has 0 aliphatic carbocycles. The van der Waals surface area contributed by atoms with Crippen LogP contribution in [0.3, 0.4) is 0 Å². The van der Waals surface area contributed by atoms with Gasteiger partial charge >= 0.3 is 0 Å². The maximum atomic E-state index is 13.7. The Kier molecular flexibility index (Phi) is 10.8. The van der Waals surface area contributed by atoms with Gasteiger partial charge in [0.05, 0.1) is 25.1 Å². The fourth-order valence-corrected chi connectivity index (χ4v) is 6.33. The van der Waals surface area contributed by atoms with Crippen LogP contribution in [0, 0.1) is 0 Å². The van der Waals surface area contributed by atoms with E-state index in [2.05, 4.69) is 50.4 Å². The number of hydrogen-bond donors (Lipinski definition) is 1. The summed E-state index contributed by atoms with van der Waals surface area (Å²) in [7, 11) is 3.22. The van der Waals surface area contributed by atoms with Gasteiger partial charge in [-0.2, -0.15) is 0 Å². The molecule has 3 aromatic carbocycles. The van der Waals surface area contributed by atoms with Crippen LogP contribution in [-0.2, 0) is 28.9 Å². The normalized spacial score (nSPS) is 12.4. The van der Waals surface area contributed by atoms with E-state index in [1.165, 1.54) is 11.1 Å². The first-order chi connectivity index (χ1) is 22.2. The monoisotopic (exact) mass is 645 g/mol. The van der Waals surface area contributed by atoms with Crippen LogP contribution < -0.4 is 29.8 Å². The Morgan fingerprint density at radius 2 is 1.65 bits per heavy atom. The number of hydrogen-bond acceptors (Lipinski definition) is 8. The molecule has 46 heavy (non-hydrogen) atoms. The number of rotatable bonds is 14. The number of thioether (sulfide) groups is 1. The number of nitrogens with zero attached hydrogens (tertiary/aromatic N) is 2. The molecule has 5 rings (SSSR count). The largest absolute Gasteiger partial charge is 0.493 e. The summed E-state index contributed by atoms with van der Waals surface area (Å²) in [4.78, 5) is 31.1. The Hall–Kier alpha value is -4.18. The molecule has 1 aliphatic rings. The standard InChI is InChI=1S/C36H43N3O6S/c1-36(2,3)26-13-10-25(11-14-26)22-46-35-38-28-21-32-31(44-23-45-32)20-27(28)34(41)39(35)18-8-6-7-9-33(40)37-17-16-24-12-15-29(42-4)30(19-24)43-5/h10-15,19-21H,6-9,16-18,22-23H2,1-5H3,(H,37,40). The van der Waals surface area contributed by atoms with E-state index in [1.54, 1.807) is 42.7 Å². The summed E-state index contributed by atoms with van der Waals surface area (Å²) in [5.74, 6) is 3.24. The molecule has 0 unspecified atom stereocenters. The predicted octanol–water partition coefficient (Wildman–Crippen LogP) is 6.65. The molecule has 1 aliphatic heterocycles. The molecule has 244 valence electrons. The highest BCUT2D eigenvalue weighted by Gasteiger charge is 2.20. The molecule has 0 saturated heterocycles. The van der Waals surface area contributed by atoms with E-state index in [1.807, 2.05) is 18.2 Å². The summed E-state index contributed by atoms with van der Waals surface area (Å²) in [6, 6.07) is 17.9. The van der Waals surface area contributed by atoms with Crippen molar-refractivity contribution >= 4 is 28.6 Å². The van der Waals surface area contributed by atoms with Crippen molar-refractivity contribution in [2.75, 3.05) is 27.6 Å². The number of amides is 1. The maximum Gasteiger partial charge on any atom is 0.262 e. The number of carbonyl (C=O) groups is 1. The molecule has 0 saturated carbocycles. The molecule has 1 amide bonds. The van der Waals surface area contributed by atoms with Crippen LogP contribution in [0.15, 0.2) is 64.5 Å². The number of unbranched alkanes of at least 4 members (excludes halogenated alkanes) is 2. The fourth-order valence-electron chi connectivity index (χ4n) is 5.35. The van der Waals surface area contributed by atoms with E-state index in [9.17, 15) is 9.59 Å². The topological polar surface area (TPSA) is 101 Å². The summed E-state index contributed by atoms with van der Waals surface area (Å²) < 4.78 is 23.5. The van der Waals surface area contributed by atoms with Gasteiger partial charge in [-0.15, -0.1) is 0 Å². The zero-order valence-electron chi connectivity index (χ0n) is 27.3. The van der Waals surface area contributed by atoms with Crippen LogP contribution in [0.1, 0.15) is 63.1 Å². The predicted molar refractivity (Wildman–Crippen MR) is 182 cm³/mol. The first-order valence-electron chi connectivity index (χ1n) is 15.7. The first kappa shape index (κ1) is 33.2. The molecular formula is C36H43N3O6S. The second-order valence-corrected chi connectivity index (χ2v) is 13.4. The third kappa shape index (κ3) is 8.15. The highest BCUT2D eigenvalue weighted by atomic mass is 32.2. The Balaban J connectivity index is 1.18. The molecule has 4 aromatic rings. The Morgan fingerprint density at radius 3 is 2.37 bits per heavy atom. The zero-order valence-corrected chi connectivity index (χ0v) is 28.1. The van der Waals surface area contributed by atoms with Crippen molar-refractivity contribution in [1.82, 2.24) is 14.9 Å². The lowest BCUT2D eigenvalue weighted by Gasteiger charge is -2.19. The minimum atomic E-state index is -0.0956. The van der Waals surface area contributed by atoms with E-state index in [-0.39, 0.29) is 23.7 Å². The minimum absolute atomic E-state index is 0.0230.